The Bertz CT molecular complexity index is 515. The lowest BCUT2D eigenvalue weighted by Gasteiger charge is -2.20. The minimum Gasteiger partial charge on any atom is -0.376 e. The second-order valence-electron chi connectivity index (χ2n) is 5.07. The molecule has 0 radical (unpaired) electrons. The van der Waals surface area contributed by atoms with E-state index in [1.54, 1.807) is 13.0 Å². The Kier molecular flexibility index (Phi) is 6.29. The van der Waals surface area contributed by atoms with Gasteiger partial charge in [-0.05, 0) is 32.0 Å². The molecule has 0 aromatic heterocycles. The van der Waals surface area contributed by atoms with Gasteiger partial charge in [-0.2, -0.15) is 0 Å². The van der Waals surface area contributed by atoms with Crippen LogP contribution in [0.2, 0.25) is 0 Å². The molecule has 0 fully saturated rings. The van der Waals surface area contributed by atoms with Crippen LogP contribution in [0.1, 0.15) is 20.3 Å². The predicted molar refractivity (Wildman–Crippen MR) is 85.9 cm³/mol. The van der Waals surface area contributed by atoms with Gasteiger partial charge in [-0.1, -0.05) is 19.1 Å². The second-order valence-corrected chi connectivity index (χ2v) is 7.17. The standard InChI is InChI=1S/C14H25N3O2S/c1-5-10-15-11-12(2)20(18,19)16-13-8-6-7-9-14(13)17(3)4/h6-9,12,15-16H,5,10-11H2,1-4H3. The fourth-order valence-electron chi connectivity index (χ4n) is 1.80. The summed E-state index contributed by atoms with van der Waals surface area (Å²) in [5.41, 5.74) is 1.46. The normalized spacial score (nSPS) is 13.0. The maximum Gasteiger partial charge on any atom is 0.236 e. The quantitative estimate of drug-likeness (QED) is 0.720. The van der Waals surface area contributed by atoms with Crippen molar-refractivity contribution in [3.8, 4) is 0 Å². The molecule has 0 spiro atoms. The molecule has 114 valence electrons. The van der Waals surface area contributed by atoms with E-state index >= 15 is 0 Å². The molecule has 1 atom stereocenters. The van der Waals surface area contributed by atoms with Crippen molar-refractivity contribution >= 4 is 21.4 Å². The fraction of sp³-hybridized carbons (Fsp3) is 0.571. The first-order chi connectivity index (χ1) is 9.38. The third-order valence-corrected chi connectivity index (χ3v) is 4.76. The zero-order valence-electron chi connectivity index (χ0n) is 12.7. The van der Waals surface area contributed by atoms with E-state index in [9.17, 15) is 8.42 Å². The van der Waals surface area contributed by atoms with Gasteiger partial charge in [-0.25, -0.2) is 8.42 Å². The topological polar surface area (TPSA) is 61.4 Å². The number of para-hydroxylation sites is 2. The molecule has 6 heteroatoms. The SMILES string of the molecule is CCCNCC(C)S(=O)(=O)Nc1ccccc1N(C)C. The average molecular weight is 299 g/mol. The lowest BCUT2D eigenvalue weighted by atomic mass is 10.2. The molecule has 0 aliphatic carbocycles. The van der Waals surface area contributed by atoms with Crippen molar-refractivity contribution < 1.29 is 8.42 Å². The number of sulfonamides is 1. The Labute approximate surface area is 122 Å². The van der Waals surface area contributed by atoms with Crippen molar-refractivity contribution in [3.05, 3.63) is 24.3 Å². The molecule has 20 heavy (non-hydrogen) atoms. The smallest absolute Gasteiger partial charge is 0.236 e. The number of hydrogen-bond acceptors (Lipinski definition) is 4. The Morgan fingerprint density at radius 1 is 1.25 bits per heavy atom. The summed E-state index contributed by atoms with van der Waals surface area (Å²) in [6.07, 6.45) is 0.990. The van der Waals surface area contributed by atoms with Crippen molar-refractivity contribution in [3.63, 3.8) is 0 Å². The molecule has 1 aromatic rings. The minimum atomic E-state index is -3.39. The summed E-state index contributed by atoms with van der Waals surface area (Å²) in [5, 5.41) is 2.65. The van der Waals surface area contributed by atoms with Crippen molar-refractivity contribution in [2.24, 2.45) is 0 Å². The molecule has 1 unspecified atom stereocenters. The summed E-state index contributed by atoms with van der Waals surface area (Å²) in [6.45, 7) is 5.04. The molecule has 1 aromatic carbocycles. The molecular weight excluding hydrogens is 274 g/mol. The van der Waals surface area contributed by atoms with Crippen molar-refractivity contribution in [1.82, 2.24) is 5.32 Å². The average Bonchev–Trinajstić information content (AvgIpc) is 2.38. The molecule has 0 aliphatic rings. The molecule has 0 saturated carbocycles. The lowest BCUT2D eigenvalue weighted by molar-refractivity contribution is 0.576. The van der Waals surface area contributed by atoms with Gasteiger partial charge in [0.05, 0.1) is 16.6 Å². The van der Waals surface area contributed by atoms with Crippen LogP contribution in [0.4, 0.5) is 11.4 Å². The molecule has 0 amide bonds. The summed E-state index contributed by atoms with van der Waals surface area (Å²) in [7, 11) is 0.388. The van der Waals surface area contributed by atoms with Crippen LogP contribution in [-0.2, 0) is 10.0 Å². The number of nitrogens with one attached hydrogen (secondary N) is 2. The summed E-state index contributed by atoms with van der Waals surface area (Å²) >= 11 is 0. The van der Waals surface area contributed by atoms with Crippen LogP contribution in [0.3, 0.4) is 0 Å². The summed E-state index contributed by atoms with van der Waals surface area (Å²) in [5.74, 6) is 0. The fourth-order valence-corrected chi connectivity index (χ4v) is 2.81. The maximum atomic E-state index is 12.3. The van der Waals surface area contributed by atoms with Gasteiger partial charge in [0.15, 0.2) is 0 Å². The van der Waals surface area contributed by atoms with E-state index in [0.29, 0.717) is 12.2 Å². The molecule has 1 rings (SSSR count). The van der Waals surface area contributed by atoms with E-state index in [1.165, 1.54) is 0 Å². The molecule has 0 aliphatic heterocycles. The van der Waals surface area contributed by atoms with Crippen LogP contribution in [-0.4, -0.2) is 40.9 Å². The number of hydrogen-bond donors (Lipinski definition) is 2. The van der Waals surface area contributed by atoms with Crippen LogP contribution in [0.15, 0.2) is 24.3 Å². The van der Waals surface area contributed by atoms with E-state index in [4.69, 9.17) is 0 Å². The maximum absolute atomic E-state index is 12.3. The molecule has 5 nitrogen and oxygen atoms in total. The van der Waals surface area contributed by atoms with Gasteiger partial charge in [0.1, 0.15) is 0 Å². The monoisotopic (exact) mass is 299 g/mol. The largest absolute Gasteiger partial charge is 0.376 e. The van der Waals surface area contributed by atoms with E-state index in [0.717, 1.165) is 18.7 Å². The third kappa shape index (κ3) is 4.68. The number of nitrogens with zero attached hydrogens (tertiary/aromatic N) is 1. The van der Waals surface area contributed by atoms with Gasteiger partial charge in [0.2, 0.25) is 10.0 Å². The predicted octanol–water partition coefficient (Wildman–Crippen LogP) is 1.88. The zero-order chi connectivity index (χ0) is 15.2. The summed E-state index contributed by atoms with van der Waals surface area (Å²) < 4.78 is 27.3. The highest BCUT2D eigenvalue weighted by atomic mass is 32.2. The van der Waals surface area contributed by atoms with E-state index in [-0.39, 0.29) is 0 Å². The van der Waals surface area contributed by atoms with Gasteiger partial charge in [-0.15, -0.1) is 0 Å². The second kappa shape index (κ2) is 7.50. The van der Waals surface area contributed by atoms with Crippen molar-refractivity contribution in [2.75, 3.05) is 36.8 Å². The summed E-state index contributed by atoms with van der Waals surface area (Å²) in [4.78, 5) is 1.89. The van der Waals surface area contributed by atoms with Crippen LogP contribution in [0.25, 0.3) is 0 Å². The van der Waals surface area contributed by atoms with Crippen LogP contribution < -0.4 is 14.9 Å². The minimum absolute atomic E-state index is 0.452. The molecule has 2 N–H and O–H groups in total. The number of rotatable bonds is 8. The molecule has 0 bridgehead atoms. The van der Waals surface area contributed by atoms with E-state index in [2.05, 4.69) is 17.0 Å². The van der Waals surface area contributed by atoms with Crippen molar-refractivity contribution in [1.29, 1.82) is 0 Å². The Morgan fingerprint density at radius 2 is 1.90 bits per heavy atom. The zero-order valence-corrected chi connectivity index (χ0v) is 13.5. The van der Waals surface area contributed by atoms with Gasteiger partial charge >= 0.3 is 0 Å². The van der Waals surface area contributed by atoms with E-state index in [1.807, 2.05) is 37.2 Å². The van der Waals surface area contributed by atoms with Gasteiger partial charge in [-0.3, -0.25) is 4.72 Å². The van der Waals surface area contributed by atoms with Crippen LogP contribution in [0.5, 0.6) is 0 Å². The highest BCUT2D eigenvalue weighted by Crippen LogP contribution is 2.25. The van der Waals surface area contributed by atoms with Crippen LogP contribution in [0, 0.1) is 0 Å². The Morgan fingerprint density at radius 3 is 2.50 bits per heavy atom. The van der Waals surface area contributed by atoms with E-state index < -0.39 is 15.3 Å². The Balaban J connectivity index is 2.80. The third-order valence-electron chi connectivity index (χ3n) is 3.03. The van der Waals surface area contributed by atoms with Crippen molar-refractivity contribution in [2.45, 2.75) is 25.5 Å². The van der Waals surface area contributed by atoms with Gasteiger partial charge in [0, 0.05) is 20.6 Å². The molecule has 0 heterocycles. The summed E-state index contributed by atoms with van der Waals surface area (Å²) in [6, 6.07) is 7.38. The Hall–Kier alpha value is -1.27. The molecular formula is C14H25N3O2S. The highest BCUT2D eigenvalue weighted by Gasteiger charge is 2.21. The first-order valence-corrected chi connectivity index (χ1v) is 8.41. The first kappa shape index (κ1) is 16.8. The lowest BCUT2D eigenvalue weighted by Crippen LogP contribution is -2.35. The first-order valence-electron chi connectivity index (χ1n) is 6.87. The van der Waals surface area contributed by atoms with Gasteiger partial charge in [0.25, 0.3) is 0 Å². The van der Waals surface area contributed by atoms with Crippen LogP contribution >= 0.6 is 0 Å². The number of anilines is 2. The van der Waals surface area contributed by atoms with Gasteiger partial charge < -0.3 is 10.2 Å². The number of benzene rings is 1. The highest BCUT2D eigenvalue weighted by molar-refractivity contribution is 7.93. The molecule has 0 saturated heterocycles.